The molecule has 0 aliphatic carbocycles. The van der Waals surface area contributed by atoms with Gasteiger partial charge >= 0.3 is 6.09 Å². The van der Waals surface area contributed by atoms with Crippen molar-refractivity contribution in [3.05, 3.63) is 39.9 Å². The summed E-state index contributed by atoms with van der Waals surface area (Å²) < 4.78 is 10.1. The molecule has 0 bridgehead atoms. The molecule has 1 fully saturated rings. The van der Waals surface area contributed by atoms with Gasteiger partial charge in [0, 0.05) is 19.2 Å². The third-order valence-electron chi connectivity index (χ3n) is 2.75. The monoisotopic (exact) mass is 252 g/mol. The number of hydrogen-bond acceptors (Lipinski definition) is 5. The van der Waals surface area contributed by atoms with E-state index in [9.17, 15) is 14.9 Å². The molecule has 2 atom stereocenters. The Balaban J connectivity index is 2.17. The van der Waals surface area contributed by atoms with Gasteiger partial charge in [0.05, 0.1) is 11.0 Å². The number of benzene rings is 1. The maximum atomic E-state index is 11.0. The molecule has 96 valence electrons. The van der Waals surface area contributed by atoms with Gasteiger partial charge in [0.15, 0.2) is 0 Å². The summed E-state index contributed by atoms with van der Waals surface area (Å²) in [4.78, 5) is 21.1. The van der Waals surface area contributed by atoms with E-state index in [-0.39, 0.29) is 18.3 Å². The van der Waals surface area contributed by atoms with Gasteiger partial charge in [-0.25, -0.2) is 4.79 Å². The number of rotatable bonds is 4. The van der Waals surface area contributed by atoms with Crippen molar-refractivity contribution in [3.8, 4) is 0 Å². The van der Waals surface area contributed by atoms with E-state index in [1.54, 1.807) is 12.1 Å². The zero-order valence-electron chi connectivity index (χ0n) is 9.66. The number of carbonyl (C=O) groups is 1. The standard InChI is InChI=1S/C11H12N2O5/c1-17-10(9-6-18-11(14)12-9)7-2-4-8(5-3-7)13(15)16/h2-5,9-10H,6H2,1H3,(H,12,14)/t9-,10+/m1/s1. The Morgan fingerprint density at radius 1 is 1.50 bits per heavy atom. The van der Waals surface area contributed by atoms with E-state index in [1.807, 2.05) is 0 Å². The van der Waals surface area contributed by atoms with Gasteiger partial charge in [0.2, 0.25) is 0 Å². The van der Waals surface area contributed by atoms with Crippen LogP contribution in [0.3, 0.4) is 0 Å². The molecule has 0 spiro atoms. The summed E-state index contributed by atoms with van der Waals surface area (Å²) in [7, 11) is 1.51. The first-order valence-electron chi connectivity index (χ1n) is 5.32. The summed E-state index contributed by atoms with van der Waals surface area (Å²) in [5.74, 6) is 0. The van der Waals surface area contributed by atoms with Gasteiger partial charge in [-0.2, -0.15) is 0 Å². The highest BCUT2D eigenvalue weighted by Crippen LogP contribution is 2.25. The van der Waals surface area contributed by atoms with Crippen molar-refractivity contribution >= 4 is 11.8 Å². The predicted octanol–water partition coefficient (Wildman–Crippen LogP) is 1.39. The quantitative estimate of drug-likeness (QED) is 0.645. The fourth-order valence-electron chi connectivity index (χ4n) is 1.88. The van der Waals surface area contributed by atoms with Crippen molar-refractivity contribution in [2.75, 3.05) is 13.7 Å². The van der Waals surface area contributed by atoms with Gasteiger partial charge in [0.1, 0.15) is 12.7 Å². The van der Waals surface area contributed by atoms with Crippen molar-refractivity contribution in [1.29, 1.82) is 0 Å². The lowest BCUT2D eigenvalue weighted by Crippen LogP contribution is -2.33. The van der Waals surface area contributed by atoms with Crippen molar-refractivity contribution < 1.29 is 19.2 Å². The number of cyclic esters (lactones) is 1. The minimum atomic E-state index is -0.482. The molecule has 1 heterocycles. The van der Waals surface area contributed by atoms with Crippen LogP contribution >= 0.6 is 0 Å². The molecule has 1 aromatic rings. The van der Waals surface area contributed by atoms with E-state index < -0.39 is 17.1 Å². The number of alkyl carbamates (subject to hydrolysis) is 1. The zero-order valence-corrected chi connectivity index (χ0v) is 9.66. The molecule has 1 aromatic carbocycles. The SMILES string of the molecule is CO[C@@H](c1ccc([N+](=O)[O-])cc1)[C@H]1COC(=O)N1. The van der Waals surface area contributed by atoms with Gasteiger partial charge in [-0.15, -0.1) is 0 Å². The second kappa shape index (κ2) is 5.01. The second-order valence-electron chi connectivity index (χ2n) is 3.85. The predicted molar refractivity (Wildman–Crippen MR) is 61.1 cm³/mol. The van der Waals surface area contributed by atoms with Gasteiger partial charge in [0.25, 0.3) is 5.69 Å². The molecule has 1 saturated heterocycles. The van der Waals surface area contributed by atoms with Crippen LogP contribution in [0.25, 0.3) is 0 Å². The number of amides is 1. The van der Waals surface area contributed by atoms with Gasteiger partial charge < -0.3 is 14.8 Å². The minimum absolute atomic E-state index is 0.0142. The Morgan fingerprint density at radius 2 is 2.17 bits per heavy atom. The molecule has 1 N–H and O–H groups in total. The highest BCUT2D eigenvalue weighted by Gasteiger charge is 2.31. The number of nitrogens with one attached hydrogen (secondary N) is 1. The molecular weight excluding hydrogens is 240 g/mol. The van der Waals surface area contributed by atoms with E-state index in [1.165, 1.54) is 19.2 Å². The van der Waals surface area contributed by atoms with Crippen molar-refractivity contribution in [1.82, 2.24) is 5.32 Å². The van der Waals surface area contributed by atoms with Crippen LogP contribution in [0.2, 0.25) is 0 Å². The van der Waals surface area contributed by atoms with Crippen LogP contribution < -0.4 is 5.32 Å². The Labute approximate surface area is 103 Å². The van der Waals surface area contributed by atoms with Gasteiger partial charge in [-0.05, 0) is 17.7 Å². The van der Waals surface area contributed by atoms with Crippen LogP contribution in [0, 0.1) is 10.1 Å². The van der Waals surface area contributed by atoms with Crippen molar-refractivity contribution in [3.63, 3.8) is 0 Å². The van der Waals surface area contributed by atoms with Crippen molar-refractivity contribution in [2.45, 2.75) is 12.1 Å². The first kappa shape index (κ1) is 12.3. The average molecular weight is 252 g/mol. The molecule has 0 unspecified atom stereocenters. The summed E-state index contributed by atoms with van der Waals surface area (Å²) in [5, 5.41) is 13.2. The molecule has 1 aliphatic rings. The Bertz CT molecular complexity index is 459. The molecule has 1 amide bonds. The number of nitrogens with zero attached hydrogens (tertiary/aromatic N) is 1. The average Bonchev–Trinajstić information content (AvgIpc) is 2.77. The van der Waals surface area contributed by atoms with Crippen LogP contribution in [0.5, 0.6) is 0 Å². The first-order chi connectivity index (χ1) is 8.61. The number of carbonyl (C=O) groups excluding carboxylic acids is 1. The van der Waals surface area contributed by atoms with Crippen LogP contribution in [-0.4, -0.2) is 30.8 Å². The third-order valence-corrected chi connectivity index (χ3v) is 2.75. The summed E-state index contributed by atoms with van der Waals surface area (Å²) in [6, 6.07) is 5.73. The minimum Gasteiger partial charge on any atom is -0.447 e. The Kier molecular flexibility index (Phi) is 3.42. The summed E-state index contributed by atoms with van der Waals surface area (Å²) >= 11 is 0. The first-order valence-corrected chi connectivity index (χ1v) is 5.32. The fraction of sp³-hybridized carbons (Fsp3) is 0.364. The number of methoxy groups -OCH3 is 1. The van der Waals surface area contributed by atoms with Gasteiger partial charge in [-0.3, -0.25) is 10.1 Å². The zero-order chi connectivity index (χ0) is 13.1. The number of nitro benzene ring substituents is 1. The number of hydrogen-bond donors (Lipinski definition) is 1. The maximum Gasteiger partial charge on any atom is 0.407 e. The van der Waals surface area contributed by atoms with Gasteiger partial charge in [-0.1, -0.05) is 0 Å². The topological polar surface area (TPSA) is 90.7 Å². The lowest BCUT2D eigenvalue weighted by atomic mass is 10.0. The lowest BCUT2D eigenvalue weighted by molar-refractivity contribution is -0.384. The number of nitro groups is 1. The van der Waals surface area contributed by atoms with E-state index in [0.29, 0.717) is 0 Å². The molecule has 0 radical (unpaired) electrons. The van der Waals surface area contributed by atoms with Crippen LogP contribution in [-0.2, 0) is 9.47 Å². The second-order valence-corrected chi connectivity index (χ2v) is 3.85. The smallest absolute Gasteiger partial charge is 0.407 e. The molecular formula is C11H12N2O5. The molecule has 7 nitrogen and oxygen atoms in total. The maximum absolute atomic E-state index is 11.0. The summed E-state index contributed by atoms with van der Waals surface area (Å²) in [6.45, 7) is 0.217. The fourth-order valence-corrected chi connectivity index (χ4v) is 1.88. The third kappa shape index (κ3) is 2.40. The molecule has 0 saturated carbocycles. The molecule has 0 aromatic heterocycles. The normalized spacial score (nSPS) is 20.1. The summed E-state index contributed by atoms with van der Waals surface area (Å²) in [5.41, 5.74) is 0.763. The van der Waals surface area contributed by atoms with E-state index >= 15 is 0 Å². The van der Waals surface area contributed by atoms with E-state index in [4.69, 9.17) is 9.47 Å². The number of non-ortho nitro benzene ring substituents is 1. The highest BCUT2D eigenvalue weighted by atomic mass is 16.6. The number of ether oxygens (including phenoxy) is 2. The molecule has 1 aliphatic heterocycles. The Hall–Kier alpha value is -2.15. The van der Waals surface area contributed by atoms with Crippen LogP contribution in [0.1, 0.15) is 11.7 Å². The molecule has 2 rings (SSSR count). The van der Waals surface area contributed by atoms with Crippen LogP contribution in [0.15, 0.2) is 24.3 Å². The largest absolute Gasteiger partial charge is 0.447 e. The van der Waals surface area contributed by atoms with Crippen molar-refractivity contribution in [2.24, 2.45) is 0 Å². The lowest BCUT2D eigenvalue weighted by Gasteiger charge is -2.20. The highest BCUT2D eigenvalue weighted by molar-refractivity contribution is 5.69. The molecule has 18 heavy (non-hydrogen) atoms. The molecule has 7 heteroatoms. The van der Waals surface area contributed by atoms with Crippen LogP contribution in [0.4, 0.5) is 10.5 Å². The Morgan fingerprint density at radius 3 is 2.61 bits per heavy atom. The van der Waals surface area contributed by atoms with E-state index in [0.717, 1.165) is 5.56 Å². The van der Waals surface area contributed by atoms with E-state index in [2.05, 4.69) is 5.32 Å². The summed E-state index contributed by atoms with van der Waals surface area (Å²) in [6.07, 6.45) is -0.874.